The highest BCUT2D eigenvalue weighted by Gasteiger charge is 2.25. The van der Waals surface area contributed by atoms with Crippen LogP contribution in [0.4, 0.5) is 10.1 Å². The van der Waals surface area contributed by atoms with Gasteiger partial charge in [0.05, 0.1) is 5.56 Å². The number of nitrogens with zero attached hydrogens (tertiary/aromatic N) is 2. The van der Waals surface area contributed by atoms with Crippen LogP contribution < -0.4 is 10.5 Å². The first-order valence-corrected chi connectivity index (χ1v) is 8.34. The number of ether oxygens (including phenoxy) is 1. The molecule has 0 aliphatic carbocycles. The molecule has 2 aromatic carbocycles. The number of piperazine rings is 1. The Kier molecular flexibility index (Phi) is 5.36. The van der Waals surface area contributed by atoms with Gasteiger partial charge in [0.25, 0.3) is 11.8 Å². The number of amides is 2. The molecule has 0 aromatic heterocycles. The van der Waals surface area contributed by atoms with Crippen molar-refractivity contribution >= 4 is 17.5 Å². The lowest BCUT2D eigenvalue weighted by atomic mass is 10.1. The first-order valence-electron chi connectivity index (χ1n) is 8.34. The molecule has 1 aliphatic heterocycles. The average Bonchev–Trinajstić information content (AvgIpc) is 2.67. The summed E-state index contributed by atoms with van der Waals surface area (Å²) in [4.78, 5) is 28.1. The van der Waals surface area contributed by atoms with Crippen molar-refractivity contribution in [2.24, 2.45) is 0 Å². The third-order valence-corrected chi connectivity index (χ3v) is 4.29. The van der Waals surface area contributed by atoms with Gasteiger partial charge in [0.2, 0.25) is 0 Å². The van der Waals surface area contributed by atoms with Gasteiger partial charge >= 0.3 is 0 Å². The second-order valence-corrected chi connectivity index (χ2v) is 6.00. The van der Waals surface area contributed by atoms with Crippen LogP contribution in [0.2, 0.25) is 0 Å². The van der Waals surface area contributed by atoms with E-state index in [1.54, 1.807) is 34.1 Å². The van der Waals surface area contributed by atoms with E-state index in [1.165, 1.54) is 24.3 Å². The van der Waals surface area contributed by atoms with Gasteiger partial charge in [-0.25, -0.2) is 4.39 Å². The lowest BCUT2D eigenvalue weighted by molar-refractivity contribution is -0.134. The zero-order valence-corrected chi connectivity index (χ0v) is 14.2. The molecule has 1 aliphatic rings. The van der Waals surface area contributed by atoms with Crippen molar-refractivity contribution in [3.8, 4) is 5.75 Å². The van der Waals surface area contributed by atoms with Gasteiger partial charge in [-0.2, -0.15) is 0 Å². The molecular weight excluding hydrogens is 337 g/mol. The normalized spacial score (nSPS) is 14.2. The SMILES string of the molecule is Nc1ccccc1C(=O)N1CCN(C(=O)COc2ccc(F)cc2)CC1. The van der Waals surface area contributed by atoms with Crippen LogP contribution in [0.15, 0.2) is 48.5 Å². The molecule has 2 aromatic rings. The van der Waals surface area contributed by atoms with Crippen molar-refractivity contribution in [1.29, 1.82) is 0 Å². The highest BCUT2D eigenvalue weighted by Crippen LogP contribution is 2.15. The van der Waals surface area contributed by atoms with Crippen molar-refractivity contribution in [3.05, 3.63) is 59.9 Å². The first kappa shape index (κ1) is 17.7. The van der Waals surface area contributed by atoms with E-state index >= 15 is 0 Å². The second kappa shape index (κ2) is 7.86. The van der Waals surface area contributed by atoms with E-state index in [-0.39, 0.29) is 24.2 Å². The second-order valence-electron chi connectivity index (χ2n) is 6.00. The van der Waals surface area contributed by atoms with Gasteiger partial charge in [-0.3, -0.25) is 9.59 Å². The summed E-state index contributed by atoms with van der Waals surface area (Å²) in [5, 5.41) is 0. The van der Waals surface area contributed by atoms with E-state index in [0.29, 0.717) is 43.2 Å². The quantitative estimate of drug-likeness (QED) is 0.846. The van der Waals surface area contributed by atoms with Crippen LogP contribution in [0.25, 0.3) is 0 Å². The Morgan fingerprint density at radius 1 is 0.962 bits per heavy atom. The number of benzene rings is 2. The summed E-state index contributed by atoms with van der Waals surface area (Å²) in [5.41, 5.74) is 6.78. The summed E-state index contributed by atoms with van der Waals surface area (Å²) >= 11 is 0. The zero-order chi connectivity index (χ0) is 18.5. The molecule has 26 heavy (non-hydrogen) atoms. The molecule has 1 saturated heterocycles. The minimum Gasteiger partial charge on any atom is -0.484 e. The maximum absolute atomic E-state index is 12.9. The van der Waals surface area contributed by atoms with Crippen LogP contribution in [0.5, 0.6) is 5.75 Å². The Hall–Kier alpha value is -3.09. The van der Waals surface area contributed by atoms with E-state index < -0.39 is 0 Å². The van der Waals surface area contributed by atoms with Gasteiger partial charge in [-0.15, -0.1) is 0 Å². The smallest absolute Gasteiger partial charge is 0.260 e. The Morgan fingerprint density at radius 3 is 2.23 bits per heavy atom. The first-order chi connectivity index (χ1) is 12.5. The summed E-state index contributed by atoms with van der Waals surface area (Å²) in [6.45, 7) is 1.63. The number of nitrogens with two attached hydrogens (primary N) is 1. The van der Waals surface area contributed by atoms with Crippen molar-refractivity contribution in [1.82, 2.24) is 9.80 Å². The molecule has 136 valence electrons. The molecule has 0 spiro atoms. The maximum Gasteiger partial charge on any atom is 0.260 e. The minimum absolute atomic E-state index is 0.120. The van der Waals surface area contributed by atoms with Gasteiger partial charge in [0.1, 0.15) is 11.6 Å². The average molecular weight is 357 g/mol. The van der Waals surface area contributed by atoms with E-state index in [1.807, 2.05) is 0 Å². The Labute approximate surface area is 150 Å². The van der Waals surface area contributed by atoms with E-state index in [4.69, 9.17) is 10.5 Å². The number of hydrogen-bond donors (Lipinski definition) is 1. The van der Waals surface area contributed by atoms with Crippen LogP contribution in [0.3, 0.4) is 0 Å². The van der Waals surface area contributed by atoms with Crippen LogP contribution >= 0.6 is 0 Å². The van der Waals surface area contributed by atoms with Crippen molar-refractivity contribution in [2.45, 2.75) is 0 Å². The molecule has 0 radical (unpaired) electrons. The summed E-state index contributed by atoms with van der Waals surface area (Å²) in [6.07, 6.45) is 0. The molecular formula is C19H20FN3O3. The zero-order valence-electron chi connectivity index (χ0n) is 14.2. The monoisotopic (exact) mass is 357 g/mol. The van der Waals surface area contributed by atoms with E-state index in [0.717, 1.165) is 0 Å². The number of anilines is 1. The number of hydrogen-bond acceptors (Lipinski definition) is 4. The van der Waals surface area contributed by atoms with Gasteiger partial charge in [0.15, 0.2) is 6.61 Å². The third kappa shape index (κ3) is 4.11. The Bertz CT molecular complexity index is 787. The Balaban J connectivity index is 1.50. The fraction of sp³-hybridized carbons (Fsp3) is 0.263. The van der Waals surface area contributed by atoms with Gasteiger partial charge in [-0.1, -0.05) is 12.1 Å². The third-order valence-electron chi connectivity index (χ3n) is 4.29. The molecule has 1 fully saturated rings. The number of rotatable bonds is 4. The van der Waals surface area contributed by atoms with Crippen LogP contribution in [-0.2, 0) is 4.79 Å². The molecule has 2 N–H and O–H groups in total. The molecule has 3 rings (SSSR count). The van der Waals surface area contributed by atoms with E-state index in [2.05, 4.69) is 0 Å². The summed E-state index contributed by atoms with van der Waals surface area (Å²) in [6, 6.07) is 12.5. The molecule has 0 saturated carbocycles. The van der Waals surface area contributed by atoms with Crippen LogP contribution in [-0.4, -0.2) is 54.4 Å². The topological polar surface area (TPSA) is 75.9 Å². The molecule has 0 bridgehead atoms. The summed E-state index contributed by atoms with van der Waals surface area (Å²) in [5.74, 6) is -0.213. The molecule has 0 unspecified atom stereocenters. The van der Waals surface area contributed by atoms with Crippen molar-refractivity contribution in [3.63, 3.8) is 0 Å². The van der Waals surface area contributed by atoms with Crippen LogP contribution in [0.1, 0.15) is 10.4 Å². The maximum atomic E-state index is 12.9. The van der Waals surface area contributed by atoms with Crippen molar-refractivity contribution < 1.29 is 18.7 Å². The molecule has 0 atom stereocenters. The summed E-state index contributed by atoms with van der Waals surface area (Å²) < 4.78 is 18.2. The predicted octanol–water partition coefficient (Wildman–Crippen LogP) is 1.77. The van der Waals surface area contributed by atoms with E-state index in [9.17, 15) is 14.0 Å². The highest BCUT2D eigenvalue weighted by atomic mass is 19.1. The predicted molar refractivity (Wildman–Crippen MR) is 95.2 cm³/mol. The van der Waals surface area contributed by atoms with Gasteiger partial charge in [0, 0.05) is 31.9 Å². The lowest BCUT2D eigenvalue weighted by Crippen LogP contribution is -2.51. The standard InChI is InChI=1S/C19H20FN3O3/c20-14-5-7-15(8-6-14)26-13-18(24)22-9-11-23(12-10-22)19(25)16-3-1-2-4-17(16)21/h1-8H,9-13,21H2. The minimum atomic E-state index is -0.358. The molecule has 7 heteroatoms. The van der Waals surface area contributed by atoms with Gasteiger partial charge < -0.3 is 20.3 Å². The molecule has 1 heterocycles. The summed E-state index contributed by atoms with van der Waals surface area (Å²) in [7, 11) is 0. The molecule has 2 amide bonds. The number of carbonyl (C=O) groups is 2. The number of carbonyl (C=O) groups excluding carboxylic acids is 2. The number of halogens is 1. The fourth-order valence-corrected chi connectivity index (χ4v) is 2.79. The lowest BCUT2D eigenvalue weighted by Gasteiger charge is -2.34. The molecule has 6 nitrogen and oxygen atoms in total. The Morgan fingerprint density at radius 2 is 1.58 bits per heavy atom. The van der Waals surface area contributed by atoms with Gasteiger partial charge in [-0.05, 0) is 36.4 Å². The largest absolute Gasteiger partial charge is 0.484 e. The van der Waals surface area contributed by atoms with Crippen LogP contribution in [0, 0.1) is 5.82 Å². The fourth-order valence-electron chi connectivity index (χ4n) is 2.79. The van der Waals surface area contributed by atoms with Crippen molar-refractivity contribution in [2.75, 3.05) is 38.5 Å². The number of para-hydroxylation sites is 1. The number of nitrogen functional groups attached to an aromatic ring is 1. The highest BCUT2D eigenvalue weighted by molar-refractivity contribution is 5.99.